The molecule has 7 heteroatoms. The molecular formula is C13H11F2N3O2. The van der Waals surface area contributed by atoms with Crippen molar-refractivity contribution in [1.29, 1.82) is 0 Å². The summed E-state index contributed by atoms with van der Waals surface area (Å²) in [6.07, 6.45) is 2.52. The van der Waals surface area contributed by atoms with E-state index in [1.165, 1.54) is 18.3 Å². The summed E-state index contributed by atoms with van der Waals surface area (Å²) in [5, 5.41) is 13.7. The second-order valence-corrected chi connectivity index (χ2v) is 4.22. The predicted octanol–water partition coefficient (Wildman–Crippen LogP) is 3.44. The van der Waals surface area contributed by atoms with Gasteiger partial charge in [0.1, 0.15) is 17.3 Å². The minimum absolute atomic E-state index is 0.160. The van der Waals surface area contributed by atoms with Crippen molar-refractivity contribution in [2.24, 2.45) is 0 Å². The number of nitrogens with zero attached hydrogens (tertiary/aromatic N) is 2. The van der Waals surface area contributed by atoms with E-state index in [4.69, 9.17) is 0 Å². The lowest BCUT2D eigenvalue weighted by Crippen LogP contribution is -2.09. The summed E-state index contributed by atoms with van der Waals surface area (Å²) in [7, 11) is 0. The fourth-order valence-electron chi connectivity index (χ4n) is 1.76. The standard InChI is InChI=1S/C13H11F2N3O2/c1-8(9-4-11(15)7-16-6-9)17-12-3-2-10(14)5-13(12)18(19)20/h2-8,17H,1H3. The van der Waals surface area contributed by atoms with Gasteiger partial charge in [-0.3, -0.25) is 15.1 Å². The molecule has 0 amide bonds. The van der Waals surface area contributed by atoms with Crippen molar-refractivity contribution < 1.29 is 13.7 Å². The van der Waals surface area contributed by atoms with Crippen molar-refractivity contribution in [2.45, 2.75) is 13.0 Å². The Kier molecular flexibility index (Phi) is 3.88. The van der Waals surface area contributed by atoms with E-state index in [0.717, 1.165) is 18.3 Å². The fourth-order valence-corrected chi connectivity index (χ4v) is 1.76. The number of nitro groups is 1. The van der Waals surface area contributed by atoms with Crippen molar-refractivity contribution in [3.8, 4) is 0 Å². The van der Waals surface area contributed by atoms with Gasteiger partial charge in [-0.2, -0.15) is 0 Å². The molecule has 2 rings (SSSR count). The summed E-state index contributed by atoms with van der Waals surface area (Å²) in [5.41, 5.74) is 0.318. The number of nitro benzene ring substituents is 1. The molecule has 0 bridgehead atoms. The summed E-state index contributed by atoms with van der Waals surface area (Å²) in [6, 6.07) is 4.09. The molecule has 1 aromatic carbocycles. The predicted molar refractivity (Wildman–Crippen MR) is 69.3 cm³/mol. The molecule has 0 aliphatic heterocycles. The second-order valence-electron chi connectivity index (χ2n) is 4.22. The molecule has 1 atom stereocenters. The zero-order valence-corrected chi connectivity index (χ0v) is 10.5. The number of hydrogen-bond acceptors (Lipinski definition) is 4. The van der Waals surface area contributed by atoms with Gasteiger partial charge in [-0.05, 0) is 30.7 Å². The van der Waals surface area contributed by atoms with Gasteiger partial charge in [0, 0.05) is 6.20 Å². The summed E-state index contributed by atoms with van der Waals surface area (Å²) < 4.78 is 26.1. The summed E-state index contributed by atoms with van der Waals surface area (Å²) >= 11 is 0. The highest BCUT2D eigenvalue weighted by Gasteiger charge is 2.17. The van der Waals surface area contributed by atoms with E-state index in [1.54, 1.807) is 6.92 Å². The number of aromatic nitrogens is 1. The highest BCUT2D eigenvalue weighted by molar-refractivity contribution is 5.62. The lowest BCUT2D eigenvalue weighted by atomic mass is 10.1. The van der Waals surface area contributed by atoms with Gasteiger partial charge in [0.15, 0.2) is 0 Å². The van der Waals surface area contributed by atoms with Crippen LogP contribution in [0.2, 0.25) is 0 Å². The fraction of sp³-hybridized carbons (Fsp3) is 0.154. The Morgan fingerprint density at radius 1 is 1.25 bits per heavy atom. The van der Waals surface area contributed by atoms with E-state index in [9.17, 15) is 18.9 Å². The number of hydrogen-bond donors (Lipinski definition) is 1. The number of anilines is 1. The minimum atomic E-state index is -0.692. The number of pyridine rings is 1. The van der Waals surface area contributed by atoms with Gasteiger partial charge in [0.25, 0.3) is 5.69 Å². The average molecular weight is 279 g/mol. The Balaban J connectivity index is 2.28. The lowest BCUT2D eigenvalue weighted by Gasteiger charge is -2.15. The molecule has 1 aromatic heterocycles. The van der Waals surface area contributed by atoms with Crippen LogP contribution in [-0.2, 0) is 0 Å². The molecule has 0 aliphatic rings. The number of halogens is 2. The molecule has 1 N–H and O–H groups in total. The minimum Gasteiger partial charge on any atom is -0.373 e. The van der Waals surface area contributed by atoms with Crippen LogP contribution in [0.1, 0.15) is 18.5 Å². The van der Waals surface area contributed by atoms with Crippen LogP contribution in [0.3, 0.4) is 0 Å². The monoisotopic (exact) mass is 279 g/mol. The van der Waals surface area contributed by atoms with Gasteiger partial charge in [-0.1, -0.05) is 0 Å². The zero-order valence-electron chi connectivity index (χ0n) is 10.5. The van der Waals surface area contributed by atoms with E-state index >= 15 is 0 Å². The smallest absolute Gasteiger partial charge is 0.295 e. The van der Waals surface area contributed by atoms with Crippen molar-refractivity contribution in [3.05, 3.63) is 64.0 Å². The average Bonchev–Trinajstić information content (AvgIpc) is 2.40. The third-order valence-electron chi connectivity index (χ3n) is 2.75. The topological polar surface area (TPSA) is 68.1 Å². The van der Waals surface area contributed by atoms with Gasteiger partial charge in [-0.25, -0.2) is 8.78 Å². The number of benzene rings is 1. The van der Waals surface area contributed by atoms with Gasteiger partial charge in [0.2, 0.25) is 0 Å². The lowest BCUT2D eigenvalue weighted by molar-refractivity contribution is -0.384. The molecule has 20 heavy (non-hydrogen) atoms. The molecule has 2 aromatic rings. The first-order valence-electron chi connectivity index (χ1n) is 5.78. The van der Waals surface area contributed by atoms with Gasteiger partial charge in [-0.15, -0.1) is 0 Å². The molecule has 0 saturated heterocycles. The molecule has 104 valence electrons. The zero-order chi connectivity index (χ0) is 14.7. The Hall–Kier alpha value is -2.57. The van der Waals surface area contributed by atoms with Crippen molar-refractivity contribution in [1.82, 2.24) is 4.98 Å². The highest BCUT2D eigenvalue weighted by Crippen LogP contribution is 2.28. The maximum absolute atomic E-state index is 13.1. The summed E-state index contributed by atoms with van der Waals surface area (Å²) in [6.45, 7) is 1.70. The molecule has 0 fully saturated rings. The second kappa shape index (κ2) is 5.60. The largest absolute Gasteiger partial charge is 0.373 e. The third kappa shape index (κ3) is 3.05. The van der Waals surface area contributed by atoms with Crippen LogP contribution in [0.25, 0.3) is 0 Å². The molecule has 0 saturated carbocycles. The summed E-state index contributed by atoms with van der Waals surface area (Å²) in [5.74, 6) is -1.19. The maximum Gasteiger partial charge on any atom is 0.295 e. The normalized spacial score (nSPS) is 11.9. The first kappa shape index (κ1) is 13.9. The van der Waals surface area contributed by atoms with E-state index < -0.39 is 22.6 Å². The van der Waals surface area contributed by atoms with Crippen LogP contribution in [0, 0.1) is 21.7 Å². The number of rotatable bonds is 4. The highest BCUT2D eigenvalue weighted by atomic mass is 19.1. The maximum atomic E-state index is 13.1. The SMILES string of the molecule is CC(Nc1ccc(F)cc1[N+](=O)[O-])c1cncc(F)c1. The first-order chi connectivity index (χ1) is 9.47. The van der Waals surface area contributed by atoms with Crippen LogP contribution in [0.5, 0.6) is 0 Å². The summed E-state index contributed by atoms with van der Waals surface area (Å²) in [4.78, 5) is 13.9. The molecule has 1 heterocycles. The Morgan fingerprint density at radius 3 is 2.65 bits per heavy atom. The van der Waals surface area contributed by atoms with E-state index in [1.807, 2.05) is 0 Å². The quantitative estimate of drug-likeness (QED) is 0.687. The van der Waals surface area contributed by atoms with E-state index in [2.05, 4.69) is 10.3 Å². The van der Waals surface area contributed by atoms with E-state index in [0.29, 0.717) is 5.56 Å². The third-order valence-corrected chi connectivity index (χ3v) is 2.75. The van der Waals surface area contributed by atoms with Crippen LogP contribution >= 0.6 is 0 Å². The first-order valence-corrected chi connectivity index (χ1v) is 5.78. The molecule has 5 nitrogen and oxygen atoms in total. The van der Waals surface area contributed by atoms with Crippen LogP contribution in [0.4, 0.5) is 20.2 Å². The van der Waals surface area contributed by atoms with E-state index in [-0.39, 0.29) is 11.4 Å². The van der Waals surface area contributed by atoms with Crippen molar-refractivity contribution in [3.63, 3.8) is 0 Å². The molecule has 0 aliphatic carbocycles. The Bertz CT molecular complexity index is 649. The van der Waals surface area contributed by atoms with Crippen molar-refractivity contribution >= 4 is 11.4 Å². The van der Waals surface area contributed by atoms with Crippen LogP contribution in [-0.4, -0.2) is 9.91 Å². The molecule has 0 radical (unpaired) electrons. The number of nitrogens with one attached hydrogen (secondary N) is 1. The Labute approximate surface area is 113 Å². The molecular weight excluding hydrogens is 268 g/mol. The van der Waals surface area contributed by atoms with Gasteiger partial charge in [0.05, 0.1) is 23.2 Å². The van der Waals surface area contributed by atoms with Gasteiger partial charge >= 0.3 is 0 Å². The van der Waals surface area contributed by atoms with Crippen molar-refractivity contribution in [2.75, 3.05) is 5.32 Å². The van der Waals surface area contributed by atoms with Crippen LogP contribution in [0.15, 0.2) is 36.7 Å². The Morgan fingerprint density at radius 2 is 2.00 bits per heavy atom. The molecule has 1 unspecified atom stereocenters. The van der Waals surface area contributed by atoms with Crippen LogP contribution < -0.4 is 5.32 Å². The molecule has 0 spiro atoms. The van der Waals surface area contributed by atoms with Gasteiger partial charge < -0.3 is 5.32 Å².